The number of aliphatic hydroxyl groups is 3. The molecule has 3 heterocycles. The van der Waals surface area contributed by atoms with E-state index in [4.69, 9.17) is 4.74 Å². The zero-order valence-electron chi connectivity index (χ0n) is 21.5. The Morgan fingerprint density at radius 3 is 2.73 bits per heavy atom. The van der Waals surface area contributed by atoms with Gasteiger partial charge in [-0.1, -0.05) is 31.2 Å². The maximum Gasteiger partial charge on any atom is 0.169 e. The summed E-state index contributed by atoms with van der Waals surface area (Å²) in [5.41, 5.74) is -1.44. The number of aliphatic hydroxyl groups excluding tert-OH is 2. The van der Waals surface area contributed by atoms with E-state index in [1.54, 1.807) is 12.4 Å². The van der Waals surface area contributed by atoms with Crippen molar-refractivity contribution >= 4 is 16.6 Å². The quantitative estimate of drug-likeness (QED) is 0.580. The molecule has 8 atom stereocenters. The van der Waals surface area contributed by atoms with Gasteiger partial charge in [0.15, 0.2) is 11.4 Å². The molecule has 0 unspecified atom stereocenters. The van der Waals surface area contributed by atoms with E-state index in [2.05, 4.69) is 11.1 Å². The molecular formula is C30H34N2O5. The second-order valence-corrected chi connectivity index (χ2v) is 12.4. The first kappa shape index (κ1) is 23.7. The molecule has 2 aromatic rings. The molecule has 0 radical (unpaired) electrons. The van der Waals surface area contributed by atoms with Crippen molar-refractivity contribution in [3.8, 4) is 0 Å². The minimum Gasteiger partial charge on any atom is -0.388 e. The lowest BCUT2D eigenvalue weighted by Gasteiger charge is -2.56. The van der Waals surface area contributed by atoms with Gasteiger partial charge in [-0.15, -0.1) is 0 Å². The molecule has 194 valence electrons. The standard InChI is InChI=1S/C30H34N2O5/c1-27-8-6-19-13-21-25(34)26(35)22(32(2)3)15-28(21)9-10-29(19,37-28)23(27)14-24(33)30(27,36)20-5-4-17-7-11-31-16-18(17)12-20/h4-7,11-13,16,22-23,25-26,34-36H,8-10,14-15H2,1-3H3/t22-,23+,25+,26+,27-,28+,29-,30+/m0/s1. The molecule has 37 heavy (non-hydrogen) atoms. The van der Waals surface area contributed by atoms with E-state index in [9.17, 15) is 20.1 Å². The number of fused-ring (bicyclic) bond motifs is 2. The lowest BCUT2D eigenvalue weighted by molar-refractivity contribution is -0.182. The first-order valence-corrected chi connectivity index (χ1v) is 13.3. The summed E-state index contributed by atoms with van der Waals surface area (Å²) in [7, 11) is 3.83. The Balaban J connectivity index is 1.35. The largest absolute Gasteiger partial charge is 0.388 e. The molecular weight excluding hydrogens is 468 g/mol. The Kier molecular flexibility index (Phi) is 4.71. The van der Waals surface area contributed by atoms with Crippen molar-refractivity contribution in [1.82, 2.24) is 9.88 Å². The van der Waals surface area contributed by atoms with Gasteiger partial charge in [0.1, 0.15) is 6.10 Å². The summed E-state index contributed by atoms with van der Waals surface area (Å²) in [5.74, 6) is -0.377. The number of rotatable bonds is 2. The highest BCUT2D eigenvalue weighted by molar-refractivity contribution is 5.94. The molecule has 3 fully saturated rings. The minimum atomic E-state index is -1.64. The number of likely N-dealkylation sites (N-methyl/N-ethyl adjacent to an activating group) is 1. The normalized spacial score (nSPS) is 44.4. The highest BCUT2D eigenvalue weighted by Gasteiger charge is 2.73. The number of benzene rings is 1. The van der Waals surface area contributed by atoms with Gasteiger partial charge in [-0.05, 0) is 74.0 Å². The first-order valence-electron chi connectivity index (χ1n) is 13.3. The molecule has 7 nitrogen and oxygen atoms in total. The predicted octanol–water partition coefficient (Wildman–Crippen LogP) is 2.63. The average molecular weight is 503 g/mol. The van der Waals surface area contributed by atoms with Crippen molar-refractivity contribution in [2.75, 3.05) is 14.1 Å². The fourth-order valence-corrected chi connectivity index (χ4v) is 8.52. The van der Waals surface area contributed by atoms with Crippen molar-refractivity contribution in [3.63, 3.8) is 0 Å². The van der Waals surface area contributed by atoms with Crippen molar-refractivity contribution in [1.29, 1.82) is 0 Å². The fourth-order valence-electron chi connectivity index (χ4n) is 8.52. The van der Waals surface area contributed by atoms with E-state index in [1.807, 2.05) is 56.3 Å². The summed E-state index contributed by atoms with van der Waals surface area (Å²) in [5, 5.41) is 36.2. The van der Waals surface area contributed by atoms with Gasteiger partial charge >= 0.3 is 0 Å². The Hall–Kier alpha value is -2.42. The first-order chi connectivity index (χ1) is 17.6. The Morgan fingerprint density at radius 1 is 1.14 bits per heavy atom. The van der Waals surface area contributed by atoms with Crippen molar-refractivity contribution in [2.24, 2.45) is 11.3 Å². The van der Waals surface area contributed by atoms with Crippen LogP contribution in [-0.4, -0.2) is 74.5 Å². The highest BCUT2D eigenvalue weighted by Crippen LogP contribution is 2.69. The van der Waals surface area contributed by atoms with Crippen LogP contribution in [0.1, 0.15) is 44.6 Å². The van der Waals surface area contributed by atoms with Crippen LogP contribution in [0.4, 0.5) is 0 Å². The maximum atomic E-state index is 13.8. The van der Waals surface area contributed by atoms with Gasteiger partial charge in [0.2, 0.25) is 0 Å². The second kappa shape index (κ2) is 7.36. The monoisotopic (exact) mass is 502 g/mol. The van der Waals surface area contributed by atoms with Crippen LogP contribution >= 0.6 is 0 Å². The van der Waals surface area contributed by atoms with Gasteiger partial charge in [-0.25, -0.2) is 0 Å². The van der Waals surface area contributed by atoms with Gasteiger partial charge in [-0.2, -0.15) is 0 Å². The van der Waals surface area contributed by atoms with Crippen LogP contribution in [-0.2, 0) is 15.1 Å². The predicted molar refractivity (Wildman–Crippen MR) is 138 cm³/mol. The van der Waals surface area contributed by atoms with Crippen molar-refractivity contribution in [3.05, 3.63) is 65.5 Å². The smallest absolute Gasteiger partial charge is 0.169 e. The van der Waals surface area contributed by atoms with Crippen LogP contribution in [0.5, 0.6) is 0 Å². The number of ether oxygens (including phenoxy) is 1. The Bertz CT molecular complexity index is 1400. The molecule has 0 amide bonds. The molecule has 3 N–H and O–H groups in total. The Labute approximate surface area is 216 Å². The van der Waals surface area contributed by atoms with Crippen molar-refractivity contribution < 1.29 is 24.9 Å². The Morgan fingerprint density at radius 2 is 1.95 bits per heavy atom. The average Bonchev–Trinajstić information content (AvgIpc) is 3.31. The summed E-state index contributed by atoms with van der Waals surface area (Å²) in [6, 6.07) is 7.41. The minimum absolute atomic E-state index is 0.170. The van der Waals surface area contributed by atoms with Crippen LogP contribution in [0.25, 0.3) is 10.8 Å². The molecule has 1 saturated heterocycles. The molecule has 7 heteroatoms. The molecule has 1 aromatic carbocycles. The summed E-state index contributed by atoms with van der Waals surface area (Å²) in [6.45, 7) is 2.04. The zero-order valence-corrected chi connectivity index (χ0v) is 21.5. The van der Waals surface area contributed by atoms with E-state index >= 15 is 0 Å². The molecule has 1 aromatic heterocycles. The number of Topliss-reactive ketones (excluding diaryl/α,β-unsaturated/α-hetero) is 1. The number of nitrogens with zero attached hydrogens (tertiary/aromatic N) is 2. The van der Waals surface area contributed by atoms with E-state index in [0.29, 0.717) is 31.2 Å². The fraction of sp³-hybridized carbons (Fsp3) is 0.533. The second-order valence-electron chi connectivity index (χ2n) is 12.4. The number of pyridine rings is 1. The third kappa shape index (κ3) is 2.74. The van der Waals surface area contributed by atoms with Gasteiger partial charge in [-0.3, -0.25) is 9.78 Å². The van der Waals surface area contributed by atoms with E-state index in [-0.39, 0.29) is 24.2 Å². The summed E-state index contributed by atoms with van der Waals surface area (Å²) >= 11 is 0. The number of hydrogen-bond acceptors (Lipinski definition) is 7. The number of allylic oxidation sites excluding steroid dienone is 1. The maximum absolute atomic E-state index is 13.8. The lowest BCUT2D eigenvalue weighted by atomic mass is 9.56. The molecule has 2 bridgehead atoms. The topological polar surface area (TPSA) is 103 Å². The number of carbonyl (C=O) groups excluding carboxylic acids is 1. The van der Waals surface area contributed by atoms with Gasteiger partial charge < -0.3 is 25.0 Å². The number of hydrogen-bond donors (Lipinski definition) is 3. The van der Waals surface area contributed by atoms with Gasteiger partial charge in [0.05, 0.1) is 17.3 Å². The molecule has 2 saturated carbocycles. The van der Waals surface area contributed by atoms with Crippen LogP contribution in [0.3, 0.4) is 0 Å². The van der Waals surface area contributed by atoms with Crippen LogP contribution in [0, 0.1) is 11.3 Å². The number of carbonyl (C=O) groups is 1. The third-order valence-corrected chi connectivity index (χ3v) is 10.6. The number of aromatic nitrogens is 1. The molecule has 7 rings (SSSR count). The van der Waals surface area contributed by atoms with Gasteiger partial charge in [0.25, 0.3) is 0 Å². The van der Waals surface area contributed by atoms with Crippen molar-refractivity contribution in [2.45, 2.75) is 74.1 Å². The third-order valence-electron chi connectivity index (χ3n) is 10.6. The van der Waals surface area contributed by atoms with Gasteiger partial charge in [0, 0.05) is 41.6 Å². The summed E-state index contributed by atoms with van der Waals surface area (Å²) in [4.78, 5) is 20.0. The highest BCUT2D eigenvalue weighted by atomic mass is 16.5. The number of ketones is 1. The molecule has 5 aliphatic rings. The molecule has 2 aliphatic heterocycles. The SMILES string of the molecule is CN(C)[C@H]1C[C@@]23CC[C@]4(O2)C(=CC[C@@]2(C)[C@H]4CC(=O)[C@]2(O)c2ccc4ccncc4c2)C=C3[C@@H](O)[C@@H]1O. The van der Waals surface area contributed by atoms with E-state index in [0.717, 1.165) is 21.9 Å². The van der Waals surface area contributed by atoms with E-state index < -0.39 is 34.4 Å². The molecule has 3 aliphatic carbocycles. The van der Waals surface area contributed by atoms with Crippen LogP contribution < -0.4 is 0 Å². The van der Waals surface area contributed by atoms with Crippen LogP contribution in [0.15, 0.2) is 60.0 Å². The summed E-state index contributed by atoms with van der Waals surface area (Å²) < 4.78 is 7.10. The lowest BCUT2D eigenvalue weighted by Crippen LogP contribution is -2.62. The van der Waals surface area contributed by atoms with Crippen LogP contribution in [0.2, 0.25) is 0 Å². The summed E-state index contributed by atoms with van der Waals surface area (Å²) in [6.07, 6.45) is 8.51. The zero-order chi connectivity index (χ0) is 26.0. The molecule has 2 spiro atoms. The van der Waals surface area contributed by atoms with E-state index in [1.165, 1.54) is 0 Å².